The minimum Gasteiger partial charge on any atom is -0.491 e. The molecule has 158 valence electrons. The fraction of sp³-hybridized carbons (Fsp3) is 0.200. The molecular weight excluding hydrogens is 408 g/mol. The van der Waals surface area contributed by atoms with Gasteiger partial charge >= 0.3 is 0 Å². The summed E-state index contributed by atoms with van der Waals surface area (Å²) in [5, 5.41) is 7.95. The molecule has 0 atom stereocenters. The average Bonchev–Trinajstić information content (AvgIpc) is 3.20. The summed E-state index contributed by atoms with van der Waals surface area (Å²) in [6, 6.07) is 21.6. The van der Waals surface area contributed by atoms with Gasteiger partial charge in [0.05, 0.1) is 18.2 Å². The number of carbonyl (C=O) groups excluding carboxylic acids is 1. The van der Waals surface area contributed by atoms with Crippen molar-refractivity contribution in [3.05, 3.63) is 82.8 Å². The summed E-state index contributed by atoms with van der Waals surface area (Å²) in [5.74, 6) is 1.48. The standard InChI is InChI=1S/C25H24N2O3S/c1-17(2)30-22-11-8-20(9-12-22)26-24(28)14-21-16-31-25(27-21)15-29-23-10-7-18-5-3-4-6-19(18)13-23/h3-13,16-17H,14-15H2,1-2H3,(H,26,28). The molecule has 4 aromatic rings. The van der Waals surface area contributed by atoms with E-state index in [2.05, 4.69) is 22.4 Å². The number of carbonyl (C=O) groups is 1. The van der Waals surface area contributed by atoms with E-state index in [1.54, 1.807) is 0 Å². The van der Waals surface area contributed by atoms with E-state index in [0.717, 1.165) is 33.3 Å². The van der Waals surface area contributed by atoms with E-state index >= 15 is 0 Å². The highest BCUT2D eigenvalue weighted by molar-refractivity contribution is 7.09. The highest BCUT2D eigenvalue weighted by Gasteiger charge is 2.09. The summed E-state index contributed by atoms with van der Waals surface area (Å²) in [6.45, 7) is 4.33. The van der Waals surface area contributed by atoms with Crippen LogP contribution in [0.3, 0.4) is 0 Å². The second-order valence-electron chi connectivity index (χ2n) is 7.45. The molecule has 31 heavy (non-hydrogen) atoms. The molecule has 0 spiro atoms. The van der Waals surface area contributed by atoms with Crippen LogP contribution in [-0.2, 0) is 17.8 Å². The monoisotopic (exact) mass is 432 g/mol. The quantitative estimate of drug-likeness (QED) is 0.380. The molecule has 0 saturated carbocycles. The molecule has 0 saturated heterocycles. The largest absolute Gasteiger partial charge is 0.491 e. The summed E-state index contributed by atoms with van der Waals surface area (Å²) in [5.41, 5.74) is 1.47. The van der Waals surface area contributed by atoms with Gasteiger partial charge in [0.25, 0.3) is 0 Å². The smallest absolute Gasteiger partial charge is 0.230 e. The fourth-order valence-corrected chi connectivity index (χ4v) is 3.86. The topological polar surface area (TPSA) is 60.5 Å². The Morgan fingerprint density at radius 3 is 2.52 bits per heavy atom. The first-order valence-electron chi connectivity index (χ1n) is 10.2. The molecular formula is C25H24N2O3S. The Morgan fingerprint density at radius 2 is 1.74 bits per heavy atom. The lowest BCUT2D eigenvalue weighted by atomic mass is 10.1. The predicted octanol–water partition coefficient (Wildman–Crippen LogP) is 5.84. The van der Waals surface area contributed by atoms with E-state index < -0.39 is 0 Å². The number of nitrogens with zero attached hydrogens (tertiary/aromatic N) is 1. The van der Waals surface area contributed by atoms with Crippen LogP contribution in [0.5, 0.6) is 11.5 Å². The Balaban J connectivity index is 1.29. The summed E-state index contributed by atoms with van der Waals surface area (Å²) in [6.07, 6.45) is 0.334. The molecule has 1 amide bonds. The zero-order chi connectivity index (χ0) is 21.6. The van der Waals surface area contributed by atoms with Gasteiger partial charge in [-0.05, 0) is 61.0 Å². The molecule has 0 radical (unpaired) electrons. The van der Waals surface area contributed by atoms with Crippen LogP contribution < -0.4 is 14.8 Å². The van der Waals surface area contributed by atoms with Gasteiger partial charge in [0.2, 0.25) is 5.91 Å². The van der Waals surface area contributed by atoms with Crippen molar-refractivity contribution >= 4 is 33.7 Å². The van der Waals surface area contributed by atoms with Gasteiger partial charge in [-0.25, -0.2) is 4.98 Å². The van der Waals surface area contributed by atoms with Gasteiger partial charge in [0.1, 0.15) is 23.1 Å². The third-order valence-corrected chi connectivity index (χ3v) is 5.41. The number of anilines is 1. The summed E-state index contributed by atoms with van der Waals surface area (Å²) < 4.78 is 11.5. The van der Waals surface area contributed by atoms with E-state index in [1.807, 2.05) is 73.8 Å². The molecule has 0 aliphatic heterocycles. The first-order chi connectivity index (χ1) is 15.0. The Morgan fingerprint density at radius 1 is 1.00 bits per heavy atom. The van der Waals surface area contributed by atoms with Crippen LogP contribution in [0.1, 0.15) is 24.5 Å². The van der Waals surface area contributed by atoms with Crippen LogP contribution in [0.4, 0.5) is 5.69 Å². The molecule has 5 nitrogen and oxygen atoms in total. The summed E-state index contributed by atoms with van der Waals surface area (Å²) in [4.78, 5) is 16.9. The zero-order valence-electron chi connectivity index (χ0n) is 17.5. The van der Waals surface area contributed by atoms with E-state index in [4.69, 9.17) is 9.47 Å². The molecule has 0 unspecified atom stereocenters. The number of nitrogens with one attached hydrogen (secondary N) is 1. The molecule has 0 bridgehead atoms. The number of thiazole rings is 1. The maximum absolute atomic E-state index is 12.3. The van der Waals surface area contributed by atoms with Crippen LogP contribution in [0, 0.1) is 0 Å². The van der Waals surface area contributed by atoms with Crippen LogP contribution in [0.15, 0.2) is 72.1 Å². The van der Waals surface area contributed by atoms with Crippen molar-refractivity contribution in [1.29, 1.82) is 0 Å². The lowest BCUT2D eigenvalue weighted by Gasteiger charge is -2.10. The zero-order valence-corrected chi connectivity index (χ0v) is 18.3. The number of hydrogen-bond donors (Lipinski definition) is 1. The normalized spacial score (nSPS) is 10.9. The Hall–Kier alpha value is -3.38. The van der Waals surface area contributed by atoms with Crippen LogP contribution in [-0.4, -0.2) is 17.0 Å². The third-order valence-electron chi connectivity index (χ3n) is 4.53. The second-order valence-corrected chi connectivity index (χ2v) is 8.39. The number of ether oxygens (including phenoxy) is 2. The second kappa shape index (κ2) is 9.62. The minimum atomic E-state index is -0.107. The van der Waals surface area contributed by atoms with E-state index in [-0.39, 0.29) is 18.4 Å². The number of fused-ring (bicyclic) bond motifs is 1. The maximum atomic E-state index is 12.3. The molecule has 0 aliphatic rings. The van der Waals surface area contributed by atoms with E-state index in [9.17, 15) is 4.79 Å². The van der Waals surface area contributed by atoms with Crippen molar-refractivity contribution in [1.82, 2.24) is 4.98 Å². The highest BCUT2D eigenvalue weighted by Crippen LogP contribution is 2.22. The average molecular weight is 433 g/mol. The molecule has 4 rings (SSSR count). The highest BCUT2D eigenvalue weighted by atomic mass is 32.1. The lowest BCUT2D eigenvalue weighted by Crippen LogP contribution is -2.14. The van der Waals surface area contributed by atoms with Gasteiger partial charge < -0.3 is 14.8 Å². The van der Waals surface area contributed by atoms with Crippen molar-refractivity contribution in [2.75, 3.05) is 5.32 Å². The number of aromatic nitrogens is 1. The molecule has 3 aromatic carbocycles. The number of benzene rings is 3. The molecule has 0 fully saturated rings. The first-order valence-corrected chi connectivity index (χ1v) is 11.0. The number of amides is 1. The van der Waals surface area contributed by atoms with Crippen molar-refractivity contribution in [2.45, 2.75) is 33.0 Å². The van der Waals surface area contributed by atoms with Crippen LogP contribution in [0.25, 0.3) is 10.8 Å². The fourth-order valence-electron chi connectivity index (χ4n) is 3.16. The van der Waals surface area contributed by atoms with Crippen molar-refractivity contribution in [3.8, 4) is 11.5 Å². The molecule has 0 aliphatic carbocycles. The Labute approximate surface area is 185 Å². The Kier molecular flexibility index (Phi) is 6.48. The SMILES string of the molecule is CC(C)Oc1ccc(NC(=O)Cc2csc(COc3ccc4ccccc4c3)n2)cc1. The van der Waals surface area contributed by atoms with Crippen LogP contribution in [0.2, 0.25) is 0 Å². The molecule has 1 heterocycles. The van der Waals surface area contributed by atoms with Gasteiger partial charge in [-0.15, -0.1) is 11.3 Å². The summed E-state index contributed by atoms with van der Waals surface area (Å²) in [7, 11) is 0. The summed E-state index contributed by atoms with van der Waals surface area (Å²) >= 11 is 1.50. The lowest BCUT2D eigenvalue weighted by molar-refractivity contribution is -0.115. The van der Waals surface area contributed by atoms with Gasteiger partial charge in [-0.3, -0.25) is 4.79 Å². The molecule has 1 aromatic heterocycles. The number of hydrogen-bond acceptors (Lipinski definition) is 5. The molecule has 1 N–H and O–H groups in total. The van der Waals surface area contributed by atoms with Crippen molar-refractivity contribution in [2.24, 2.45) is 0 Å². The van der Waals surface area contributed by atoms with Gasteiger partial charge in [0.15, 0.2) is 0 Å². The van der Waals surface area contributed by atoms with E-state index in [1.165, 1.54) is 16.7 Å². The predicted molar refractivity (Wildman–Crippen MR) is 125 cm³/mol. The Bertz CT molecular complexity index is 1170. The van der Waals surface area contributed by atoms with Gasteiger partial charge in [0, 0.05) is 11.1 Å². The van der Waals surface area contributed by atoms with Gasteiger partial charge in [-0.2, -0.15) is 0 Å². The first kappa shape index (κ1) is 20.9. The van der Waals surface area contributed by atoms with Crippen molar-refractivity contribution in [3.63, 3.8) is 0 Å². The van der Waals surface area contributed by atoms with Crippen molar-refractivity contribution < 1.29 is 14.3 Å². The van der Waals surface area contributed by atoms with Crippen LogP contribution >= 0.6 is 11.3 Å². The third kappa shape index (κ3) is 5.83. The maximum Gasteiger partial charge on any atom is 0.230 e. The minimum absolute atomic E-state index is 0.107. The van der Waals surface area contributed by atoms with Gasteiger partial charge in [-0.1, -0.05) is 30.3 Å². The number of rotatable bonds is 8. The molecule has 6 heteroatoms. The van der Waals surface area contributed by atoms with E-state index in [0.29, 0.717) is 6.61 Å².